The van der Waals surface area contributed by atoms with Gasteiger partial charge in [0.25, 0.3) is 0 Å². The second-order valence-electron chi connectivity index (χ2n) is 7.47. The molecule has 2 aromatic carbocycles. The van der Waals surface area contributed by atoms with Crippen LogP contribution in [0.4, 0.5) is 13.2 Å². The van der Waals surface area contributed by atoms with Crippen LogP contribution in [0.3, 0.4) is 0 Å². The Kier molecular flexibility index (Phi) is 8.76. The lowest BCUT2D eigenvalue weighted by atomic mass is 10.0. The fourth-order valence-electron chi connectivity index (χ4n) is 3.25. The molecule has 0 aliphatic carbocycles. The number of hydrogen-bond donors (Lipinski definition) is 1. The number of aryl methyl sites for hydroxylation is 2. The Morgan fingerprint density at radius 1 is 1.06 bits per heavy atom. The molecule has 3 aromatic rings. The number of halogens is 3. The summed E-state index contributed by atoms with van der Waals surface area (Å²) in [5, 5.41) is 9.35. The molecule has 0 radical (unpaired) electrons. The van der Waals surface area contributed by atoms with Crippen LogP contribution in [0.2, 0.25) is 0 Å². The van der Waals surface area contributed by atoms with Crippen LogP contribution in [0.15, 0.2) is 51.8 Å². The highest BCUT2D eigenvalue weighted by Gasteiger charge is 2.29. The Labute approximate surface area is 199 Å². The second-order valence-corrected chi connectivity index (χ2v) is 8.61. The van der Waals surface area contributed by atoms with E-state index in [1.807, 2.05) is 0 Å². The van der Waals surface area contributed by atoms with Crippen molar-refractivity contribution in [2.24, 2.45) is 0 Å². The van der Waals surface area contributed by atoms with Gasteiger partial charge in [-0.2, -0.15) is 13.2 Å². The Bertz CT molecular complexity index is 1110. The first-order valence-corrected chi connectivity index (χ1v) is 11.3. The number of aromatic nitrogens is 1. The third-order valence-corrected chi connectivity index (χ3v) is 5.61. The smallest absolute Gasteiger partial charge is 0.446 e. The summed E-state index contributed by atoms with van der Waals surface area (Å²) in [4.78, 5) is 15.9. The Morgan fingerprint density at radius 2 is 1.74 bits per heavy atom. The van der Waals surface area contributed by atoms with Crippen molar-refractivity contribution in [2.75, 3.05) is 13.2 Å². The summed E-state index contributed by atoms with van der Waals surface area (Å²) in [5.74, 6) is -0.0884. The molecule has 0 aliphatic rings. The van der Waals surface area contributed by atoms with Gasteiger partial charge in [-0.05, 0) is 67.4 Å². The molecule has 1 N–H and O–H groups in total. The standard InChI is InChI=1S/C24H24F3NO5S/c1-15-5-3-6-18(21(15)23(29)30)13-31-11-4-12-32-14-20-16(2)33-22(28-20)17-7-9-19(10-8-17)34-24(25,26)27/h3,5-10H,4,11-14H2,1-2H3,(H,29,30). The fourth-order valence-corrected chi connectivity index (χ4v) is 3.79. The van der Waals surface area contributed by atoms with Crippen molar-refractivity contribution in [3.63, 3.8) is 0 Å². The van der Waals surface area contributed by atoms with Gasteiger partial charge in [0, 0.05) is 23.7 Å². The highest BCUT2D eigenvalue weighted by molar-refractivity contribution is 8.00. The van der Waals surface area contributed by atoms with E-state index in [0.29, 0.717) is 53.7 Å². The molecule has 6 nitrogen and oxygen atoms in total. The Balaban J connectivity index is 1.42. The van der Waals surface area contributed by atoms with Crippen LogP contribution in [0.1, 0.15) is 39.4 Å². The Morgan fingerprint density at radius 3 is 2.38 bits per heavy atom. The number of hydrogen-bond acceptors (Lipinski definition) is 6. The first-order valence-electron chi connectivity index (χ1n) is 10.4. The number of thioether (sulfide) groups is 1. The number of oxazole rings is 1. The Hall–Kier alpha value is -2.82. The van der Waals surface area contributed by atoms with E-state index in [9.17, 15) is 23.1 Å². The SMILES string of the molecule is Cc1cccc(COCCCOCc2nc(-c3ccc(SC(F)(F)F)cc3)oc2C)c1C(=O)O. The number of carboxylic acids is 1. The molecule has 0 fully saturated rings. The number of benzene rings is 2. The first-order chi connectivity index (χ1) is 16.1. The van der Waals surface area contributed by atoms with Gasteiger partial charge in [0.2, 0.25) is 5.89 Å². The zero-order valence-corrected chi connectivity index (χ0v) is 19.5. The molecular formula is C24H24F3NO5S. The summed E-state index contributed by atoms with van der Waals surface area (Å²) in [7, 11) is 0. The predicted molar refractivity (Wildman–Crippen MR) is 121 cm³/mol. The van der Waals surface area contributed by atoms with E-state index in [-0.39, 0.29) is 35.4 Å². The molecule has 1 aromatic heterocycles. The third-order valence-electron chi connectivity index (χ3n) is 4.87. The molecule has 0 bridgehead atoms. The van der Waals surface area contributed by atoms with Crippen molar-refractivity contribution in [1.29, 1.82) is 0 Å². The largest absolute Gasteiger partial charge is 0.478 e. The molecule has 1 heterocycles. The topological polar surface area (TPSA) is 81.8 Å². The second kappa shape index (κ2) is 11.5. The van der Waals surface area contributed by atoms with Crippen LogP contribution < -0.4 is 0 Å². The van der Waals surface area contributed by atoms with Gasteiger partial charge in [0.15, 0.2) is 0 Å². The van der Waals surface area contributed by atoms with Gasteiger partial charge >= 0.3 is 11.5 Å². The van der Waals surface area contributed by atoms with Crippen molar-refractivity contribution in [1.82, 2.24) is 4.98 Å². The van der Waals surface area contributed by atoms with Crippen LogP contribution >= 0.6 is 11.8 Å². The van der Waals surface area contributed by atoms with Crippen molar-refractivity contribution < 1.29 is 37.0 Å². The van der Waals surface area contributed by atoms with Gasteiger partial charge in [0.05, 0.1) is 18.8 Å². The average Bonchev–Trinajstić information content (AvgIpc) is 3.12. The lowest BCUT2D eigenvalue weighted by Crippen LogP contribution is -2.08. The van der Waals surface area contributed by atoms with Gasteiger partial charge in [-0.15, -0.1) is 0 Å². The lowest BCUT2D eigenvalue weighted by Gasteiger charge is -2.09. The summed E-state index contributed by atoms with van der Waals surface area (Å²) in [6.07, 6.45) is 0.607. The van der Waals surface area contributed by atoms with E-state index in [0.717, 1.165) is 0 Å². The van der Waals surface area contributed by atoms with Crippen LogP contribution in [0.25, 0.3) is 11.5 Å². The maximum Gasteiger partial charge on any atom is 0.446 e. The molecule has 0 spiro atoms. The summed E-state index contributed by atoms with van der Waals surface area (Å²) < 4.78 is 54.2. The molecule has 0 amide bonds. The van der Waals surface area contributed by atoms with Gasteiger partial charge in [-0.1, -0.05) is 18.2 Å². The van der Waals surface area contributed by atoms with E-state index >= 15 is 0 Å². The van der Waals surface area contributed by atoms with Gasteiger partial charge in [0.1, 0.15) is 11.5 Å². The van der Waals surface area contributed by atoms with E-state index in [1.165, 1.54) is 24.3 Å². The van der Waals surface area contributed by atoms with E-state index < -0.39 is 11.5 Å². The number of ether oxygens (including phenoxy) is 2. The van der Waals surface area contributed by atoms with Crippen LogP contribution in [0.5, 0.6) is 0 Å². The molecule has 0 unspecified atom stereocenters. The molecule has 34 heavy (non-hydrogen) atoms. The molecule has 182 valence electrons. The number of carbonyl (C=O) groups is 1. The number of rotatable bonds is 11. The van der Waals surface area contributed by atoms with Gasteiger partial charge < -0.3 is 19.0 Å². The van der Waals surface area contributed by atoms with Crippen molar-refractivity contribution in [2.45, 2.75) is 43.9 Å². The molecule has 0 saturated heterocycles. The summed E-state index contributed by atoms with van der Waals surface area (Å²) >= 11 is -0.174. The number of nitrogens with zero attached hydrogens (tertiary/aromatic N) is 1. The highest BCUT2D eigenvalue weighted by Crippen LogP contribution is 2.37. The average molecular weight is 496 g/mol. The van der Waals surface area contributed by atoms with E-state index in [4.69, 9.17) is 13.9 Å². The zero-order chi connectivity index (χ0) is 24.7. The number of alkyl halides is 3. The minimum atomic E-state index is -4.33. The molecular weight excluding hydrogens is 471 g/mol. The molecule has 0 saturated carbocycles. The lowest BCUT2D eigenvalue weighted by molar-refractivity contribution is -0.0328. The summed E-state index contributed by atoms with van der Waals surface area (Å²) in [6.45, 7) is 4.73. The minimum Gasteiger partial charge on any atom is -0.478 e. The van der Waals surface area contributed by atoms with Crippen LogP contribution in [-0.2, 0) is 22.7 Å². The number of carboxylic acid groups (broad SMARTS) is 1. The molecule has 3 rings (SSSR count). The van der Waals surface area contributed by atoms with Crippen molar-refractivity contribution >= 4 is 17.7 Å². The monoisotopic (exact) mass is 495 g/mol. The van der Waals surface area contributed by atoms with Crippen LogP contribution in [0, 0.1) is 13.8 Å². The van der Waals surface area contributed by atoms with Gasteiger partial charge in [-0.3, -0.25) is 0 Å². The molecule has 10 heteroatoms. The van der Waals surface area contributed by atoms with E-state index in [2.05, 4.69) is 4.98 Å². The number of aromatic carboxylic acids is 1. The maximum absolute atomic E-state index is 12.5. The highest BCUT2D eigenvalue weighted by atomic mass is 32.2. The van der Waals surface area contributed by atoms with Gasteiger partial charge in [-0.25, -0.2) is 9.78 Å². The fraction of sp³-hybridized carbons (Fsp3) is 0.333. The van der Waals surface area contributed by atoms with Crippen molar-refractivity contribution in [3.05, 3.63) is 70.6 Å². The molecule has 0 atom stereocenters. The summed E-state index contributed by atoms with van der Waals surface area (Å²) in [6, 6.07) is 11.1. The van der Waals surface area contributed by atoms with Crippen molar-refractivity contribution in [3.8, 4) is 11.5 Å². The van der Waals surface area contributed by atoms with E-state index in [1.54, 1.807) is 32.0 Å². The van der Waals surface area contributed by atoms with Crippen LogP contribution in [-0.4, -0.2) is 34.8 Å². The zero-order valence-electron chi connectivity index (χ0n) is 18.6. The third kappa shape index (κ3) is 7.34. The first kappa shape index (κ1) is 25.8. The minimum absolute atomic E-state index is 0.0897. The molecule has 0 aliphatic heterocycles. The normalized spacial score (nSPS) is 11.7. The maximum atomic E-state index is 12.5. The predicted octanol–water partition coefficient (Wildman–Crippen LogP) is 6.39. The summed E-state index contributed by atoms with van der Waals surface area (Å²) in [5.41, 5.74) is -1.57. The quantitative estimate of drug-likeness (QED) is 0.244.